The Kier molecular flexibility index (Phi) is 5.84. The van der Waals surface area contributed by atoms with Gasteiger partial charge in [-0.05, 0) is 77.9 Å². The van der Waals surface area contributed by atoms with Gasteiger partial charge in [-0.1, -0.05) is 108 Å². The Bertz CT molecular complexity index is 2740. The van der Waals surface area contributed by atoms with Gasteiger partial charge in [-0.3, -0.25) is 0 Å². The van der Waals surface area contributed by atoms with Crippen LogP contribution in [-0.2, 0) is 0 Å². The molecule has 48 heavy (non-hydrogen) atoms. The summed E-state index contributed by atoms with van der Waals surface area (Å²) in [6.07, 6.45) is 0. The molecule has 224 valence electrons. The van der Waals surface area contributed by atoms with Crippen LogP contribution in [0.25, 0.3) is 60.6 Å². The molecule has 1 aliphatic heterocycles. The van der Waals surface area contributed by atoms with Crippen LogP contribution in [0.4, 0.5) is 5.69 Å². The molecule has 0 fully saturated rings. The molecule has 9 aromatic rings. The number of amidine groups is 2. The van der Waals surface area contributed by atoms with E-state index in [4.69, 9.17) is 9.41 Å². The van der Waals surface area contributed by atoms with Gasteiger partial charge in [0.05, 0.1) is 22.2 Å². The Labute approximate surface area is 276 Å². The van der Waals surface area contributed by atoms with Crippen LogP contribution >= 0.6 is 0 Å². The Balaban J connectivity index is 1.20. The summed E-state index contributed by atoms with van der Waals surface area (Å²) in [4.78, 5) is 5.01. The summed E-state index contributed by atoms with van der Waals surface area (Å²) in [6, 6.07) is 59.7. The van der Waals surface area contributed by atoms with Crippen molar-refractivity contribution in [3.63, 3.8) is 0 Å². The van der Waals surface area contributed by atoms with Crippen molar-refractivity contribution in [3.8, 4) is 16.8 Å². The number of aromatic nitrogens is 1. The highest BCUT2D eigenvalue weighted by Gasteiger charge is 2.33. The molecule has 7 aromatic carbocycles. The summed E-state index contributed by atoms with van der Waals surface area (Å²) < 4.78 is 11.3. The second kappa shape index (κ2) is 10.5. The monoisotopic (exact) mass is 614 g/mol. The number of benzene rings is 7. The minimum absolute atomic E-state index is 0.895. The molecule has 0 saturated carbocycles. The Morgan fingerprint density at radius 3 is 1.85 bits per heavy atom. The maximum atomic E-state index is 6.64. The molecular formula is C44H28N3O+. The molecule has 0 atom stereocenters. The molecule has 3 heterocycles. The van der Waals surface area contributed by atoms with E-state index in [1.807, 2.05) is 18.2 Å². The molecule has 0 radical (unpaired) electrons. The van der Waals surface area contributed by atoms with Crippen LogP contribution in [0.3, 0.4) is 0 Å². The van der Waals surface area contributed by atoms with E-state index in [9.17, 15) is 0 Å². The van der Waals surface area contributed by atoms with Crippen LogP contribution in [0, 0.1) is 0 Å². The van der Waals surface area contributed by atoms with Gasteiger partial charge in [-0.25, -0.2) is 0 Å². The predicted molar refractivity (Wildman–Crippen MR) is 197 cm³/mol. The van der Waals surface area contributed by atoms with E-state index in [-0.39, 0.29) is 0 Å². The third-order valence-corrected chi connectivity index (χ3v) is 9.45. The first-order valence-corrected chi connectivity index (χ1v) is 16.2. The van der Waals surface area contributed by atoms with Gasteiger partial charge in [0.15, 0.2) is 5.58 Å². The van der Waals surface area contributed by atoms with Crippen molar-refractivity contribution in [2.45, 2.75) is 0 Å². The average molecular weight is 615 g/mol. The Hall–Kier alpha value is -6.52. The molecule has 0 amide bonds. The molecule has 4 nitrogen and oxygen atoms in total. The number of para-hydroxylation sites is 1. The van der Waals surface area contributed by atoms with Gasteiger partial charge in [-0.2, -0.15) is 4.58 Å². The summed E-state index contributed by atoms with van der Waals surface area (Å²) in [6.45, 7) is 0. The number of hydrogen-bond acceptors (Lipinski definition) is 2. The minimum Gasteiger partial charge on any atom is -0.454 e. The van der Waals surface area contributed by atoms with E-state index in [0.717, 1.165) is 67.1 Å². The number of rotatable bonds is 5. The summed E-state index contributed by atoms with van der Waals surface area (Å²) in [5.74, 6) is 1.88. The zero-order valence-corrected chi connectivity index (χ0v) is 25.9. The normalized spacial score (nSPS) is 13.0. The van der Waals surface area contributed by atoms with Crippen molar-refractivity contribution >= 4 is 61.1 Å². The van der Waals surface area contributed by atoms with Crippen LogP contribution in [0.15, 0.2) is 179 Å². The molecule has 0 unspecified atom stereocenters. The van der Waals surface area contributed by atoms with Crippen molar-refractivity contribution in [1.29, 1.82) is 0 Å². The lowest BCUT2D eigenvalue weighted by Crippen LogP contribution is -2.34. The van der Waals surface area contributed by atoms with E-state index in [0.29, 0.717) is 0 Å². The molecule has 0 spiro atoms. The Morgan fingerprint density at radius 2 is 1.10 bits per heavy atom. The standard InChI is InChI=1S/C44H28N3O/c1-4-12-29(13-5-1)32-20-25-35-37-26-27-38-36-18-10-11-19-40(36)48-42(38)41(37)46(39(35)28-32)33-21-23-34(24-22-33)47-43(30-14-6-2-7-15-30)45-44(47)31-16-8-3-9-17-31/h1-28H/q+1. The summed E-state index contributed by atoms with van der Waals surface area (Å²) >= 11 is 0. The molecule has 0 N–H and O–H groups in total. The lowest BCUT2D eigenvalue weighted by molar-refractivity contribution is -0.319. The zero-order chi connectivity index (χ0) is 31.6. The maximum absolute atomic E-state index is 6.64. The van der Waals surface area contributed by atoms with Gasteiger partial charge < -0.3 is 8.98 Å². The third-order valence-electron chi connectivity index (χ3n) is 9.45. The number of hydrogen-bond donors (Lipinski definition) is 0. The van der Waals surface area contributed by atoms with Crippen molar-refractivity contribution in [2.75, 3.05) is 0 Å². The number of aliphatic imine (C=N–C) groups is 1. The first-order chi connectivity index (χ1) is 23.8. The van der Waals surface area contributed by atoms with Gasteiger partial charge in [0.25, 0.3) is 11.7 Å². The van der Waals surface area contributed by atoms with E-state index < -0.39 is 0 Å². The topological polar surface area (TPSA) is 33.4 Å². The third kappa shape index (κ3) is 4.03. The summed E-state index contributed by atoms with van der Waals surface area (Å²) in [5, 5.41) is 4.60. The molecule has 0 saturated heterocycles. The van der Waals surface area contributed by atoms with Crippen LogP contribution in [0.1, 0.15) is 11.1 Å². The molecule has 0 bridgehead atoms. The quantitative estimate of drug-likeness (QED) is 0.178. The Morgan fingerprint density at radius 1 is 0.479 bits per heavy atom. The molecular weight excluding hydrogens is 587 g/mol. The lowest BCUT2D eigenvalue weighted by Gasteiger charge is -2.19. The van der Waals surface area contributed by atoms with Gasteiger partial charge in [0.1, 0.15) is 11.3 Å². The second-order valence-electron chi connectivity index (χ2n) is 12.2. The van der Waals surface area contributed by atoms with Gasteiger partial charge >= 0.3 is 0 Å². The highest BCUT2D eigenvalue weighted by Crippen LogP contribution is 2.41. The van der Waals surface area contributed by atoms with Gasteiger partial charge in [0, 0.05) is 27.2 Å². The smallest absolute Gasteiger partial charge is 0.279 e. The van der Waals surface area contributed by atoms with Crippen LogP contribution in [0.5, 0.6) is 0 Å². The van der Waals surface area contributed by atoms with Gasteiger partial charge in [-0.15, -0.1) is 0 Å². The highest BCUT2D eigenvalue weighted by molar-refractivity contribution is 6.22. The largest absolute Gasteiger partial charge is 0.454 e. The van der Waals surface area contributed by atoms with E-state index in [1.165, 1.54) is 21.9 Å². The number of fused-ring (bicyclic) bond motifs is 7. The van der Waals surface area contributed by atoms with Crippen molar-refractivity contribution < 1.29 is 8.99 Å². The van der Waals surface area contributed by atoms with Crippen molar-refractivity contribution in [2.24, 2.45) is 4.99 Å². The first kappa shape index (κ1) is 26.7. The highest BCUT2D eigenvalue weighted by atomic mass is 16.3. The van der Waals surface area contributed by atoms with Crippen molar-refractivity contribution in [1.82, 2.24) is 4.57 Å². The van der Waals surface area contributed by atoms with Gasteiger partial charge in [0.2, 0.25) is 0 Å². The predicted octanol–water partition coefficient (Wildman–Crippen LogP) is 10.9. The fourth-order valence-corrected chi connectivity index (χ4v) is 7.17. The van der Waals surface area contributed by atoms with E-state index >= 15 is 0 Å². The summed E-state index contributed by atoms with van der Waals surface area (Å²) in [7, 11) is 0. The van der Waals surface area contributed by atoms with E-state index in [1.54, 1.807) is 0 Å². The van der Waals surface area contributed by atoms with E-state index in [2.05, 4.69) is 161 Å². The van der Waals surface area contributed by atoms with Crippen LogP contribution in [0.2, 0.25) is 0 Å². The fourth-order valence-electron chi connectivity index (χ4n) is 7.17. The van der Waals surface area contributed by atoms with Crippen molar-refractivity contribution in [3.05, 3.63) is 181 Å². The second-order valence-corrected chi connectivity index (χ2v) is 12.2. The van der Waals surface area contributed by atoms with Crippen LogP contribution < -0.4 is 0 Å². The fraction of sp³-hybridized carbons (Fsp3) is 0. The minimum atomic E-state index is 0.895. The molecule has 0 aliphatic carbocycles. The molecule has 1 aliphatic rings. The lowest BCUT2D eigenvalue weighted by atomic mass is 10.0. The first-order valence-electron chi connectivity index (χ1n) is 16.2. The molecule has 10 rings (SSSR count). The number of nitrogens with zero attached hydrogens (tertiary/aromatic N) is 3. The average Bonchev–Trinajstić information content (AvgIpc) is 3.68. The number of furan rings is 1. The molecule has 2 aromatic heterocycles. The summed E-state index contributed by atoms with van der Waals surface area (Å²) in [5.41, 5.74) is 10.7. The molecule has 4 heteroatoms. The zero-order valence-electron chi connectivity index (χ0n) is 25.9. The van der Waals surface area contributed by atoms with Crippen LogP contribution in [-0.4, -0.2) is 20.8 Å². The SMILES string of the molecule is c1ccc(C2=NC(c3ccccc3)=[N+]2c2ccc(-n3c4cc(-c5ccccc5)ccc4c4ccc5c6ccccc6oc5c43)cc2)cc1. The maximum Gasteiger partial charge on any atom is 0.279 e.